The van der Waals surface area contributed by atoms with Crippen molar-refractivity contribution in [1.29, 1.82) is 0 Å². The number of nitrogens with two attached hydrogens (primary N) is 1. The fourth-order valence-corrected chi connectivity index (χ4v) is 3.04. The molecule has 0 amide bonds. The molecule has 0 aliphatic heterocycles. The van der Waals surface area contributed by atoms with E-state index >= 15 is 0 Å². The highest BCUT2D eigenvalue weighted by atomic mass is 32.2. The summed E-state index contributed by atoms with van der Waals surface area (Å²) in [7, 11) is -0.910. The number of benzene rings is 2. The van der Waals surface area contributed by atoms with Crippen LogP contribution in [-0.2, 0) is 23.1 Å². The van der Waals surface area contributed by atoms with Gasteiger partial charge in [-0.05, 0) is 30.2 Å². The lowest BCUT2D eigenvalue weighted by atomic mass is 10.2. The Hall–Kier alpha value is -1.65. The van der Waals surface area contributed by atoms with E-state index in [-0.39, 0.29) is 0 Å². The van der Waals surface area contributed by atoms with Gasteiger partial charge in [0.05, 0.1) is 12.4 Å². The van der Waals surface area contributed by atoms with Crippen LogP contribution in [0.4, 0.5) is 0 Å². The highest BCUT2D eigenvalue weighted by molar-refractivity contribution is 7.84. The summed E-state index contributed by atoms with van der Waals surface area (Å²) in [6, 6.07) is 15.8. The Morgan fingerprint density at radius 2 is 1.86 bits per heavy atom. The third-order valence-corrected chi connectivity index (χ3v) is 4.40. The molecule has 2 aromatic carbocycles. The van der Waals surface area contributed by atoms with E-state index in [1.807, 2.05) is 49.4 Å². The normalized spacial score (nSPS) is 12.1. The van der Waals surface area contributed by atoms with Crippen LogP contribution in [0.3, 0.4) is 0 Å². The molecule has 0 aliphatic carbocycles. The first kappa shape index (κ1) is 15.7. The summed E-state index contributed by atoms with van der Waals surface area (Å²) < 4.78 is 17.7. The Bertz CT molecular complexity index is 613. The van der Waals surface area contributed by atoms with Crippen molar-refractivity contribution in [2.45, 2.75) is 19.2 Å². The third-order valence-electron chi connectivity index (χ3n) is 3.12. The van der Waals surface area contributed by atoms with E-state index in [1.165, 1.54) is 5.56 Å². The van der Waals surface area contributed by atoms with Gasteiger partial charge < -0.3 is 10.5 Å². The van der Waals surface area contributed by atoms with Crippen LogP contribution in [0, 0.1) is 6.92 Å². The van der Waals surface area contributed by atoms with Crippen LogP contribution < -0.4 is 10.5 Å². The zero-order valence-corrected chi connectivity index (χ0v) is 13.1. The van der Waals surface area contributed by atoms with Crippen molar-refractivity contribution in [3.63, 3.8) is 0 Å². The molecular weight excluding hydrogens is 282 g/mol. The van der Waals surface area contributed by atoms with E-state index in [0.717, 1.165) is 16.9 Å². The van der Waals surface area contributed by atoms with Gasteiger partial charge in [-0.1, -0.05) is 42.0 Å². The zero-order valence-electron chi connectivity index (χ0n) is 12.2. The second-order valence-electron chi connectivity index (χ2n) is 4.98. The maximum Gasteiger partial charge on any atom is 0.119 e. The van der Waals surface area contributed by atoms with E-state index in [4.69, 9.17) is 10.5 Å². The molecule has 0 bridgehead atoms. The van der Waals surface area contributed by atoms with Crippen molar-refractivity contribution >= 4 is 10.8 Å². The minimum absolute atomic E-state index is 0.451. The number of hydrogen-bond donors (Lipinski definition) is 1. The van der Waals surface area contributed by atoms with Crippen molar-refractivity contribution in [3.05, 3.63) is 65.2 Å². The molecule has 0 saturated heterocycles. The standard InChI is InChI=1S/C17H21NO2S/c1-14-4-2-6-16(10-14)13-21(19)9-8-20-17-7-3-5-15(11-17)12-18/h2-7,10-11H,8-9,12-13,18H2,1H3. The van der Waals surface area contributed by atoms with Gasteiger partial charge in [-0.2, -0.15) is 0 Å². The highest BCUT2D eigenvalue weighted by Crippen LogP contribution is 2.13. The smallest absolute Gasteiger partial charge is 0.119 e. The van der Waals surface area contributed by atoms with Gasteiger partial charge in [0.15, 0.2) is 0 Å². The maximum atomic E-state index is 12.0. The largest absolute Gasteiger partial charge is 0.493 e. The molecule has 0 heterocycles. The fraction of sp³-hybridized carbons (Fsp3) is 0.294. The Morgan fingerprint density at radius 3 is 2.62 bits per heavy atom. The van der Waals surface area contributed by atoms with E-state index in [1.54, 1.807) is 0 Å². The quantitative estimate of drug-likeness (QED) is 0.855. The number of aryl methyl sites for hydroxylation is 1. The second-order valence-corrected chi connectivity index (χ2v) is 6.55. The van der Waals surface area contributed by atoms with Crippen LogP contribution >= 0.6 is 0 Å². The summed E-state index contributed by atoms with van der Waals surface area (Å²) in [6.45, 7) is 2.99. The molecule has 0 spiro atoms. The fourth-order valence-electron chi connectivity index (χ4n) is 2.07. The molecule has 0 saturated carbocycles. The first-order chi connectivity index (χ1) is 10.2. The molecule has 1 unspecified atom stereocenters. The molecule has 2 rings (SSSR count). The predicted molar refractivity (Wildman–Crippen MR) is 87.7 cm³/mol. The summed E-state index contributed by atoms with van der Waals surface area (Å²) in [6.07, 6.45) is 0. The van der Waals surface area contributed by atoms with Crippen LogP contribution in [-0.4, -0.2) is 16.6 Å². The monoisotopic (exact) mass is 303 g/mol. The van der Waals surface area contributed by atoms with Crippen LogP contribution in [0.25, 0.3) is 0 Å². The minimum Gasteiger partial charge on any atom is -0.493 e. The van der Waals surface area contributed by atoms with Crippen molar-refractivity contribution < 1.29 is 8.95 Å². The molecule has 2 aromatic rings. The molecule has 112 valence electrons. The molecule has 0 fully saturated rings. The molecule has 0 aromatic heterocycles. The highest BCUT2D eigenvalue weighted by Gasteiger charge is 2.03. The maximum absolute atomic E-state index is 12.0. The van der Waals surface area contributed by atoms with Crippen LogP contribution in [0.1, 0.15) is 16.7 Å². The van der Waals surface area contributed by atoms with Gasteiger partial charge in [0.1, 0.15) is 5.75 Å². The Labute approximate surface area is 128 Å². The van der Waals surface area contributed by atoms with E-state index < -0.39 is 10.8 Å². The lowest BCUT2D eigenvalue weighted by Crippen LogP contribution is -2.10. The van der Waals surface area contributed by atoms with Gasteiger partial charge in [-0.25, -0.2) is 0 Å². The average molecular weight is 303 g/mol. The molecular formula is C17H21NO2S. The predicted octanol–water partition coefficient (Wildman–Crippen LogP) is 2.78. The number of rotatable bonds is 7. The van der Waals surface area contributed by atoms with Gasteiger partial charge in [0.2, 0.25) is 0 Å². The summed E-state index contributed by atoms with van der Waals surface area (Å²) in [5.41, 5.74) is 8.93. The molecule has 2 N–H and O–H groups in total. The first-order valence-corrected chi connectivity index (χ1v) is 8.48. The zero-order chi connectivity index (χ0) is 15.1. The van der Waals surface area contributed by atoms with Crippen molar-refractivity contribution in [2.75, 3.05) is 12.4 Å². The number of hydrogen-bond acceptors (Lipinski definition) is 3. The van der Waals surface area contributed by atoms with Gasteiger partial charge >= 0.3 is 0 Å². The minimum atomic E-state index is -0.910. The Balaban J connectivity index is 1.79. The molecule has 0 aliphatic rings. The van der Waals surface area contributed by atoms with Crippen LogP contribution in [0.2, 0.25) is 0 Å². The van der Waals surface area contributed by atoms with Crippen molar-refractivity contribution in [3.8, 4) is 5.75 Å². The summed E-state index contributed by atoms with van der Waals surface area (Å²) in [5, 5.41) is 0. The SMILES string of the molecule is Cc1cccc(CS(=O)CCOc2cccc(CN)c2)c1. The lowest BCUT2D eigenvalue weighted by Gasteiger charge is -2.08. The van der Waals surface area contributed by atoms with Crippen LogP contribution in [0.15, 0.2) is 48.5 Å². The molecule has 1 atom stereocenters. The van der Waals surface area contributed by atoms with Crippen LogP contribution in [0.5, 0.6) is 5.75 Å². The summed E-state index contributed by atoms with van der Waals surface area (Å²) in [5.74, 6) is 1.89. The topological polar surface area (TPSA) is 52.3 Å². The Kier molecular flexibility index (Phi) is 5.96. The average Bonchev–Trinajstić information content (AvgIpc) is 2.47. The molecule has 0 radical (unpaired) electrons. The van der Waals surface area contributed by atoms with E-state index in [9.17, 15) is 4.21 Å². The third kappa shape index (κ3) is 5.33. The van der Waals surface area contributed by atoms with Crippen molar-refractivity contribution in [1.82, 2.24) is 0 Å². The van der Waals surface area contributed by atoms with Gasteiger partial charge in [0, 0.05) is 23.1 Å². The lowest BCUT2D eigenvalue weighted by molar-refractivity contribution is 0.342. The van der Waals surface area contributed by atoms with Gasteiger partial charge in [0.25, 0.3) is 0 Å². The first-order valence-electron chi connectivity index (χ1n) is 6.99. The van der Waals surface area contributed by atoms with E-state index in [2.05, 4.69) is 6.07 Å². The van der Waals surface area contributed by atoms with E-state index in [0.29, 0.717) is 24.7 Å². The molecule has 4 heteroatoms. The number of ether oxygens (including phenoxy) is 1. The Morgan fingerprint density at radius 1 is 1.10 bits per heavy atom. The molecule has 21 heavy (non-hydrogen) atoms. The van der Waals surface area contributed by atoms with Crippen molar-refractivity contribution in [2.24, 2.45) is 5.73 Å². The second kappa shape index (κ2) is 7.96. The summed E-state index contributed by atoms with van der Waals surface area (Å²) >= 11 is 0. The molecule has 3 nitrogen and oxygen atoms in total. The van der Waals surface area contributed by atoms with Gasteiger partial charge in [-0.15, -0.1) is 0 Å². The summed E-state index contributed by atoms with van der Waals surface area (Å²) in [4.78, 5) is 0. The van der Waals surface area contributed by atoms with Gasteiger partial charge in [-0.3, -0.25) is 4.21 Å².